The van der Waals surface area contributed by atoms with E-state index in [-0.39, 0.29) is 23.7 Å². The van der Waals surface area contributed by atoms with Gasteiger partial charge in [-0.3, -0.25) is 4.79 Å². The molecule has 0 aromatic heterocycles. The van der Waals surface area contributed by atoms with Gasteiger partial charge in [-0.1, -0.05) is 69.3 Å². The number of hydrogen-bond acceptors (Lipinski definition) is 2. The van der Waals surface area contributed by atoms with Crippen LogP contribution in [0.3, 0.4) is 0 Å². The summed E-state index contributed by atoms with van der Waals surface area (Å²) < 4.78 is 0. The Labute approximate surface area is 178 Å². The molecule has 0 saturated heterocycles. The van der Waals surface area contributed by atoms with Crippen molar-refractivity contribution in [3.8, 4) is 0 Å². The molecule has 3 aliphatic rings. The Hall–Kier alpha value is -2.74. The highest BCUT2D eigenvalue weighted by Gasteiger charge is 2.48. The van der Waals surface area contributed by atoms with E-state index in [2.05, 4.69) is 69.3 Å². The zero-order valence-corrected chi connectivity index (χ0v) is 18.1. The summed E-state index contributed by atoms with van der Waals surface area (Å²) in [6, 6.07) is 12.9. The van der Waals surface area contributed by atoms with Gasteiger partial charge in [0.15, 0.2) is 0 Å². The monoisotopic (exact) mass is 396 g/mol. The molecule has 5 rings (SSSR count). The summed E-state index contributed by atoms with van der Waals surface area (Å²) in [5.41, 5.74) is 9.82. The quantitative estimate of drug-likeness (QED) is 0.613. The Morgan fingerprint density at radius 1 is 0.967 bits per heavy atom. The van der Waals surface area contributed by atoms with Crippen molar-refractivity contribution in [1.82, 2.24) is 0 Å². The summed E-state index contributed by atoms with van der Waals surface area (Å²) in [6.07, 6.45) is 6.33. The fraction of sp³-hybridized carbons (Fsp3) is 0.357. The fourth-order valence-corrected chi connectivity index (χ4v) is 5.63. The summed E-state index contributed by atoms with van der Waals surface area (Å²) in [7, 11) is 0. The maximum Gasteiger partial charge on any atom is 0.144 e. The minimum absolute atomic E-state index is 0.00428. The molecule has 2 nitrogen and oxygen atoms in total. The number of aryl methyl sites for hydroxylation is 1. The molecule has 5 unspecified atom stereocenters. The number of benzene rings is 2. The first-order valence-corrected chi connectivity index (χ1v) is 11.0. The van der Waals surface area contributed by atoms with E-state index in [1.54, 1.807) is 0 Å². The smallest absolute Gasteiger partial charge is 0.144 e. The molecule has 0 heterocycles. The Morgan fingerprint density at radius 3 is 2.37 bits per heavy atom. The van der Waals surface area contributed by atoms with Crippen LogP contribution in [0, 0.1) is 18.8 Å². The van der Waals surface area contributed by atoms with E-state index in [9.17, 15) is 9.59 Å². The standard InChI is InChI=1S/C28H28O2/c1-15-7-5-6-8-19(15)11-20-12-24-22(13-23(20)27-18(4)28(27)30)17(3)21-10-9-16(2)26(21)25(24)14-29/h5-10,12-14,16-18,25,27H,11H2,1-4H3. The number of ketones is 1. The van der Waals surface area contributed by atoms with E-state index in [1.165, 1.54) is 39.0 Å². The van der Waals surface area contributed by atoms with E-state index < -0.39 is 0 Å². The van der Waals surface area contributed by atoms with Crippen molar-refractivity contribution in [2.24, 2.45) is 11.8 Å². The highest BCUT2D eigenvalue weighted by atomic mass is 16.1. The normalized spacial score (nSPS) is 29.1. The second-order valence-corrected chi connectivity index (χ2v) is 9.35. The largest absolute Gasteiger partial charge is 0.302 e. The van der Waals surface area contributed by atoms with Crippen molar-refractivity contribution in [1.29, 1.82) is 0 Å². The van der Waals surface area contributed by atoms with Crippen LogP contribution < -0.4 is 0 Å². The van der Waals surface area contributed by atoms with Gasteiger partial charge in [0.1, 0.15) is 12.1 Å². The fourth-order valence-electron chi connectivity index (χ4n) is 5.63. The van der Waals surface area contributed by atoms with Gasteiger partial charge in [-0.05, 0) is 63.8 Å². The predicted octanol–water partition coefficient (Wildman–Crippen LogP) is 5.79. The Balaban J connectivity index is 1.68. The Kier molecular flexibility index (Phi) is 4.43. The molecule has 5 atom stereocenters. The zero-order chi connectivity index (χ0) is 21.2. The molecule has 0 radical (unpaired) electrons. The molecule has 152 valence electrons. The van der Waals surface area contributed by atoms with Gasteiger partial charge in [0, 0.05) is 11.8 Å². The first kappa shape index (κ1) is 19.2. The molecule has 0 spiro atoms. The number of rotatable bonds is 4. The maximum atomic E-state index is 12.4. The van der Waals surface area contributed by atoms with Crippen molar-refractivity contribution >= 4 is 12.1 Å². The average molecular weight is 397 g/mol. The van der Waals surface area contributed by atoms with Gasteiger partial charge >= 0.3 is 0 Å². The second kappa shape index (κ2) is 6.91. The van der Waals surface area contributed by atoms with Crippen molar-refractivity contribution in [3.63, 3.8) is 0 Å². The molecule has 3 aliphatic carbocycles. The van der Waals surface area contributed by atoms with Crippen LogP contribution in [0.25, 0.3) is 0 Å². The number of allylic oxidation sites excluding steroid dienone is 4. The Morgan fingerprint density at radius 2 is 1.70 bits per heavy atom. The minimum atomic E-state index is -0.187. The average Bonchev–Trinajstić information content (AvgIpc) is 3.13. The molecular weight excluding hydrogens is 368 g/mol. The van der Waals surface area contributed by atoms with Gasteiger partial charge in [0.05, 0.1) is 11.8 Å². The lowest BCUT2D eigenvalue weighted by atomic mass is 9.71. The number of Topliss-reactive ketones (excluding diaryl/α,β-unsaturated/α-hetero) is 1. The van der Waals surface area contributed by atoms with Crippen molar-refractivity contribution in [3.05, 3.63) is 93.1 Å². The molecule has 0 N–H and O–H groups in total. The first-order valence-electron chi connectivity index (χ1n) is 11.0. The van der Waals surface area contributed by atoms with Crippen LogP contribution in [0.5, 0.6) is 0 Å². The van der Waals surface area contributed by atoms with Crippen LogP contribution in [-0.2, 0) is 16.0 Å². The van der Waals surface area contributed by atoms with Crippen LogP contribution in [0.4, 0.5) is 0 Å². The summed E-state index contributed by atoms with van der Waals surface area (Å²) in [5.74, 6) is 0.808. The summed E-state index contributed by atoms with van der Waals surface area (Å²) in [6.45, 7) is 8.59. The number of carbonyl (C=O) groups is 2. The van der Waals surface area contributed by atoms with Gasteiger partial charge in [-0.15, -0.1) is 0 Å². The SMILES string of the molecule is Cc1ccccc1Cc1cc2c(cc1C1C(=O)C1C)C(C)C1=C(C(C)C=C1)C2C=O. The lowest BCUT2D eigenvalue weighted by Gasteiger charge is -2.32. The highest BCUT2D eigenvalue weighted by molar-refractivity contribution is 6.04. The lowest BCUT2D eigenvalue weighted by Crippen LogP contribution is -2.20. The third-order valence-corrected chi connectivity index (χ3v) is 7.60. The minimum Gasteiger partial charge on any atom is -0.302 e. The molecule has 0 aliphatic heterocycles. The second-order valence-electron chi connectivity index (χ2n) is 9.35. The van der Waals surface area contributed by atoms with Gasteiger partial charge in [-0.2, -0.15) is 0 Å². The topological polar surface area (TPSA) is 34.1 Å². The molecule has 0 amide bonds. The number of carbonyl (C=O) groups excluding carboxylic acids is 2. The summed E-state index contributed by atoms with van der Waals surface area (Å²) in [5, 5.41) is 0. The number of hydrogen-bond donors (Lipinski definition) is 0. The number of aldehydes is 1. The first-order chi connectivity index (χ1) is 14.4. The summed E-state index contributed by atoms with van der Waals surface area (Å²) in [4.78, 5) is 24.7. The zero-order valence-electron chi connectivity index (χ0n) is 18.1. The van der Waals surface area contributed by atoms with E-state index in [0.29, 0.717) is 11.7 Å². The van der Waals surface area contributed by atoms with Crippen LogP contribution in [-0.4, -0.2) is 12.1 Å². The van der Waals surface area contributed by atoms with Gasteiger partial charge in [-0.25, -0.2) is 0 Å². The molecule has 1 saturated carbocycles. The van der Waals surface area contributed by atoms with E-state index in [4.69, 9.17) is 0 Å². The molecule has 2 aromatic rings. The molecule has 1 fully saturated rings. The predicted molar refractivity (Wildman–Crippen MR) is 120 cm³/mol. The summed E-state index contributed by atoms with van der Waals surface area (Å²) >= 11 is 0. The highest BCUT2D eigenvalue weighted by Crippen LogP contribution is 2.52. The molecule has 2 heteroatoms. The molecule has 30 heavy (non-hydrogen) atoms. The van der Waals surface area contributed by atoms with Crippen LogP contribution in [0.2, 0.25) is 0 Å². The van der Waals surface area contributed by atoms with Gasteiger partial charge in [0.25, 0.3) is 0 Å². The van der Waals surface area contributed by atoms with Crippen molar-refractivity contribution in [2.75, 3.05) is 0 Å². The van der Waals surface area contributed by atoms with Gasteiger partial charge < -0.3 is 4.79 Å². The third kappa shape index (κ3) is 2.77. The molecule has 0 bridgehead atoms. The molecular formula is C28H28O2. The van der Waals surface area contributed by atoms with E-state index in [0.717, 1.165) is 18.3 Å². The van der Waals surface area contributed by atoms with Crippen LogP contribution in [0.1, 0.15) is 71.9 Å². The third-order valence-electron chi connectivity index (χ3n) is 7.60. The van der Waals surface area contributed by atoms with Crippen molar-refractivity contribution < 1.29 is 9.59 Å². The van der Waals surface area contributed by atoms with Crippen LogP contribution >= 0.6 is 0 Å². The van der Waals surface area contributed by atoms with E-state index >= 15 is 0 Å². The van der Waals surface area contributed by atoms with Crippen molar-refractivity contribution in [2.45, 2.75) is 51.9 Å². The van der Waals surface area contributed by atoms with Crippen LogP contribution in [0.15, 0.2) is 59.7 Å². The lowest BCUT2D eigenvalue weighted by molar-refractivity contribution is -0.111. The van der Waals surface area contributed by atoms with E-state index in [1.807, 2.05) is 6.92 Å². The Bertz CT molecular complexity index is 1130. The van der Waals surface area contributed by atoms with Gasteiger partial charge in [0.2, 0.25) is 0 Å². The number of fused-ring (bicyclic) bond motifs is 1. The molecule has 2 aromatic carbocycles. The maximum absolute atomic E-state index is 12.4.